The highest BCUT2D eigenvalue weighted by Crippen LogP contribution is 2.31. The zero-order valence-electron chi connectivity index (χ0n) is 10.1. The van der Waals surface area contributed by atoms with Crippen LogP contribution in [-0.2, 0) is 14.8 Å². The van der Waals surface area contributed by atoms with Crippen LogP contribution in [0.3, 0.4) is 0 Å². The van der Waals surface area contributed by atoms with Gasteiger partial charge in [0.1, 0.15) is 0 Å². The lowest BCUT2D eigenvalue weighted by molar-refractivity contribution is 0.0519. The maximum Gasteiger partial charge on any atom is 0.358 e. The molecule has 0 atom stereocenters. The van der Waals surface area contributed by atoms with Gasteiger partial charge < -0.3 is 4.74 Å². The predicted octanol–water partition coefficient (Wildman–Crippen LogP) is 1.53. The van der Waals surface area contributed by atoms with E-state index in [2.05, 4.69) is 9.71 Å². The fourth-order valence-corrected chi connectivity index (χ4v) is 3.79. The first-order chi connectivity index (χ1) is 8.44. The Kier molecular flexibility index (Phi) is 3.58. The van der Waals surface area contributed by atoms with Gasteiger partial charge in [0.05, 0.1) is 11.9 Å². The van der Waals surface area contributed by atoms with Crippen molar-refractivity contribution in [3.05, 3.63) is 10.6 Å². The van der Waals surface area contributed by atoms with E-state index in [1.165, 1.54) is 0 Å². The molecule has 8 heteroatoms. The maximum absolute atomic E-state index is 11.7. The Morgan fingerprint density at radius 3 is 2.78 bits per heavy atom. The van der Waals surface area contributed by atoms with Gasteiger partial charge in [-0.15, -0.1) is 11.3 Å². The lowest BCUT2D eigenvalue weighted by Gasteiger charge is -2.01. The minimum atomic E-state index is -3.34. The van der Waals surface area contributed by atoms with Crippen LogP contribution in [0.25, 0.3) is 0 Å². The summed E-state index contributed by atoms with van der Waals surface area (Å²) in [6, 6.07) is 0. The predicted molar refractivity (Wildman–Crippen MR) is 68.4 cm³/mol. The SMILES string of the molecule is CCOC(=O)c1nc(NS(=O)(=O)C2CC2)sc1C. The van der Waals surface area contributed by atoms with Crippen LogP contribution in [0.4, 0.5) is 5.13 Å². The number of nitrogens with one attached hydrogen (secondary N) is 1. The Balaban J connectivity index is 2.16. The van der Waals surface area contributed by atoms with Crippen molar-refractivity contribution in [1.29, 1.82) is 0 Å². The molecule has 100 valence electrons. The summed E-state index contributed by atoms with van der Waals surface area (Å²) in [6.45, 7) is 3.67. The molecule has 1 saturated carbocycles. The van der Waals surface area contributed by atoms with Gasteiger partial charge in [-0.3, -0.25) is 4.72 Å². The Hall–Kier alpha value is -1.15. The van der Waals surface area contributed by atoms with Gasteiger partial charge in [0.2, 0.25) is 10.0 Å². The molecule has 6 nitrogen and oxygen atoms in total. The van der Waals surface area contributed by atoms with Crippen LogP contribution in [0, 0.1) is 6.92 Å². The Labute approximate surface area is 109 Å². The molecule has 1 aliphatic rings. The minimum absolute atomic E-state index is 0.176. The quantitative estimate of drug-likeness (QED) is 0.831. The molecule has 1 fully saturated rings. The summed E-state index contributed by atoms with van der Waals surface area (Å²) in [6.07, 6.45) is 1.37. The molecular weight excluding hydrogens is 276 g/mol. The average molecular weight is 290 g/mol. The van der Waals surface area contributed by atoms with E-state index in [0.29, 0.717) is 17.7 Å². The van der Waals surface area contributed by atoms with Crippen molar-refractivity contribution < 1.29 is 17.9 Å². The van der Waals surface area contributed by atoms with Crippen LogP contribution in [0.15, 0.2) is 0 Å². The fraction of sp³-hybridized carbons (Fsp3) is 0.600. The van der Waals surface area contributed by atoms with E-state index in [0.717, 1.165) is 11.3 Å². The third-order valence-electron chi connectivity index (χ3n) is 2.46. The number of esters is 1. The summed E-state index contributed by atoms with van der Waals surface area (Å²) in [5.41, 5.74) is 0.176. The largest absolute Gasteiger partial charge is 0.461 e. The van der Waals surface area contributed by atoms with E-state index < -0.39 is 16.0 Å². The summed E-state index contributed by atoms with van der Waals surface area (Å²) >= 11 is 1.14. The van der Waals surface area contributed by atoms with Gasteiger partial charge in [-0.1, -0.05) is 0 Å². The highest BCUT2D eigenvalue weighted by Gasteiger charge is 2.36. The lowest BCUT2D eigenvalue weighted by atomic mass is 10.4. The van der Waals surface area contributed by atoms with E-state index in [1.54, 1.807) is 13.8 Å². The van der Waals surface area contributed by atoms with Crippen molar-refractivity contribution >= 4 is 32.5 Å². The molecule has 0 amide bonds. The highest BCUT2D eigenvalue weighted by molar-refractivity contribution is 7.93. The highest BCUT2D eigenvalue weighted by atomic mass is 32.2. The Morgan fingerprint density at radius 1 is 1.56 bits per heavy atom. The first-order valence-electron chi connectivity index (χ1n) is 5.60. The van der Waals surface area contributed by atoms with Crippen molar-refractivity contribution in [1.82, 2.24) is 4.98 Å². The number of carbonyl (C=O) groups is 1. The molecule has 1 aromatic heterocycles. The van der Waals surface area contributed by atoms with Crippen molar-refractivity contribution in [2.45, 2.75) is 31.9 Å². The van der Waals surface area contributed by atoms with Crippen LogP contribution < -0.4 is 4.72 Å². The summed E-state index contributed by atoms with van der Waals surface area (Å²) in [7, 11) is -3.34. The first kappa shape index (κ1) is 13.3. The van der Waals surface area contributed by atoms with Crippen molar-refractivity contribution in [2.75, 3.05) is 11.3 Å². The Morgan fingerprint density at radius 2 is 2.22 bits per heavy atom. The first-order valence-corrected chi connectivity index (χ1v) is 7.96. The summed E-state index contributed by atoms with van der Waals surface area (Å²) in [4.78, 5) is 16.2. The van der Waals surface area contributed by atoms with E-state index in [1.807, 2.05) is 0 Å². The molecule has 0 radical (unpaired) electrons. The third kappa shape index (κ3) is 2.81. The van der Waals surface area contributed by atoms with Gasteiger partial charge in [-0.05, 0) is 26.7 Å². The van der Waals surface area contributed by atoms with Crippen LogP contribution in [-0.4, -0.2) is 31.2 Å². The van der Waals surface area contributed by atoms with Crippen molar-refractivity contribution in [2.24, 2.45) is 0 Å². The van der Waals surface area contributed by atoms with Crippen LogP contribution in [0.1, 0.15) is 35.1 Å². The molecule has 0 aliphatic heterocycles. The average Bonchev–Trinajstić information content (AvgIpc) is 3.05. The number of rotatable bonds is 5. The second kappa shape index (κ2) is 4.85. The summed E-state index contributed by atoms with van der Waals surface area (Å²) in [5, 5.41) is -0.0878. The molecule has 0 bridgehead atoms. The zero-order chi connectivity index (χ0) is 13.3. The minimum Gasteiger partial charge on any atom is -0.461 e. The molecule has 0 aromatic carbocycles. The molecule has 2 rings (SSSR count). The van der Waals surface area contributed by atoms with Crippen molar-refractivity contribution in [3.8, 4) is 0 Å². The monoisotopic (exact) mass is 290 g/mol. The molecule has 18 heavy (non-hydrogen) atoms. The topological polar surface area (TPSA) is 85.4 Å². The van der Waals surface area contributed by atoms with Gasteiger partial charge in [0.15, 0.2) is 10.8 Å². The van der Waals surface area contributed by atoms with Crippen molar-refractivity contribution in [3.63, 3.8) is 0 Å². The molecule has 0 saturated heterocycles. The number of carbonyl (C=O) groups excluding carboxylic acids is 1. The number of hydrogen-bond acceptors (Lipinski definition) is 6. The lowest BCUT2D eigenvalue weighted by Crippen LogP contribution is -2.17. The molecule has 1 N–H and O–H groups in total. The van der Waals surface area contributed by atoms with Gasteiger partial charge >= 0.3 is 5.97 Å². The number of thiazole rings is 1. The third-order valence-corrected chi connectivity index (χ3v) is 5.30. The molecule has 0 spiro atoms. The number of nitrogens with zero attached hydrogens (tertiary/aromatic N) is 1. The number of aromatic nitrogens is 1. The number of sulfonamides is 1. The number of hydrogen-bond donors (Lipinski definition) is 1. The van der Waals surface area contributed by atoms with Crippen LogP contribution >= 0.6 is 11.3 Å². The molecular formula is C10H14N2O4S2. The molecule has 1 heterocycles. The molecule has 0 unspecified atom stereocenters. The van der Waals surface area contributed by atoms with Gasteiger partial charge in [-0.25, -0.2) is 18.2 Å². The smallest absolute Gasteiger partial charge is 0.358 e. The number of anilines is 1. The Bertz CT molecular complexity index is 560. The van der Waals surface area contributed by atoms with Gasteiger partial charge in [0, 0.05) is 4.88 Å². The van der Waals surface area contributed by atoms with Crippen LogP contribution in [0.2, 0.25) is 0 Å². The second-order valence-electron chi connectivity index (χ2n) is 3.99. The standard InChI is InChI=1S/C10H14N2O4S2/c1-3-16-9(13)8-6(2)17-10(11-8)12-18(14,15)7-4-5-7/h7H,3-5H2,1-2H3,(H,11,12). The van der Waals surface area contributed by atoms with E-state index in [-0.39, 0.29) is 22.7 Å². The number of aryl methyl sites for hydroxylation is 1. The van der Waals surface area contributed by atoms with Gasteiger partial charge in [0.25, 0.3) is 0 Å². The van der Waals surface area contributed by atoms with Crippen LogP contribution in [0.5, 0.6) is 0 Å². The molecule has 1 aliphatic carbocycles. The normalized spacial score (nSPS) is 15.4. The number of ether oxygens (including phenoxy) is 1. The van der Waals surface area contributed by atoms with E-state index >= 15 is 0 Å². The fourth-order valence-electron chi connectivity index (χ4n) is 1.41. The molecule has 1 aromatic rings. The zero-order valence-corrected chi connectivity index (χ0v) is 11.7. The maximum atomic E-state index is 11.7. The van der Waals surface area contributed by atoms with E-state index in [9.17, 15) is 13.2 Å². The van der Waals surface area contributed by atoms with E-state index in [4.69, 9.17) is 4.74 Å². The van der Waals surface area contributed by atoms with Gasteiger partial charge in [-0.2, -0.15) is 0 Å². The summed E-state index contributed by atoms with van der Waals surface area (Å²) in [5.74, 6) is -0.525. The summed E-state index contributed by atoms with van der Waals surface area (Å²) < 4.78 is 30.7. The second-order valence-corrected chi connectivity index (χ2v) is 7.15.